The molecule has 0 fully saturated rings. The third kappa shape index (κ3) is 5.27. The van der Waals surface area contributed by atoms with E-state index in [1.807, 2.05) is 66.6 Å². The van der Waals surface area contributed by atoms with Gasteiger partial charge in [0.1, 0.15) is 11.8 Å². The molecule has 7 heteroatoms. The van der Waals surface area contributed by atoms with Crippen LogP contribution in [0.5, 0.6) is 5.75 Å². The molecule has 1 atom stereocenters. The molecule has 0 saturated heterocycles. The van der Waals surface area contributed by atoms with Crippen molar-refractivity contribution in [2.24, 2.45) is 5.41 Å². The average molecular weight is 474 g/mol. The Hall–Kier alpha value is -2.73. The van der Waals surface area contributed by atoms with Crippen molar-refractivity contribution in [3.05, 3.63) is 52.1 Å². The second-order valence-electron chi connectivity index (χ2n) is 10.1. The van der Waals surface area contributed by atoms with Crippen LogP contribution in [0.15, 0.2) is 24.3 Å². The predicted molar refractivity (Wildman–Crippen MR) is 136 cm³/mol. The van der Waals surface area contributed by atoms with Crippen LogP contribution in [-0.4, -0.2) is 42.0 Å². The molecule has 0 bridgehead atoms. The van der Waals surface area contributed by atoms with E-state index in [2.05, 4.69) is 17.4 Å². The fourth-order valence-electron chi connectivity index (χ4n) is 4.14. The number of aryl methyl sites for hydroxylation is 1. The second-order valence-corrected chi connectivity index (χ2v) is 10.1. The number of rotatable bonds is 3. The number of fused-ring (bicyclic) bond motifs is 1. The molecule has 1 aliphatic rings. The number of benzene rings is 2. The van der Waals surface area contributed by atoms with E-state index >= 15 is 0 Å². The van der Waals surface area contributed by atoms with Gasteiger partial charge in [0.25, 0.3) is 0 Å². The van der Waals surface area contributed by atoms with Gasteiger partial charge in [0, 0.05) is 43.9 Å². The highest BCUT2D eigenvalue weighted by atomic mass is 35.5. The minimum Gasteiger partial charge on any atom is -0.507 e. The third-order valence-electron chi connectivity index (χ3n) is 6.36. The Balaban J connectivity index is 0.00000385. The predicted octanol–water partition coefficient (Wildman–Crippen LogP) is 4.74. The Morgan fingerprint density at radius 3 is 2.27 bits per heavy atom. The first kappa shape index (κ1) is 26.5. The molecule has 0 unspecified atom stereocenters. The van der Waals surface area contributed by atoms with E-state index in [0.29, 0.717) is 24.2 Å². The van der Waals surface area contributed by atoms with Gasteiger partial charge in [-0.05, 0) is 66.8 Å². The minimum atomic E-state index is -0.603. The number of nitrogens with one attached hydrogen (secondary N) is 1. The van der Waals surface area contributed by atoms with Gasteiger partial charge in [0.2, 0.25) is 11.8 Å². The highest BCUT2D eigenvalue weighted by Crippen LogP contribution is 2.33. The van der Waals surface area contributed by atoms with Crippen molar-refractivity contribution >= 4 is 35.6 Å². The summed E-state index contributed by atoms with van der Waals surface area (Å²) in [5.74, 6) is -0.0146. The summed E-state index contributed by atoms with van der Waals surface area (Å²) < 4.78 is 0. The Morgan fingerprint density at radius 2 is 1.70 bits per heavy atom. The van der Waals surface area contributed by atoms with Crippen molar-refractivity contribution in [3.8, 4) is 5.75 Å². The molecule has 0 aromatic heterocycles. The smallest absolute Gasteiger partial charge is 0.247 e. The molecular weight excluding hydrogens is 438 g/mol. The largest absolute Gasteiger partial charge is 0.507 e. The lowest BCUT2D eigenvalue weighted by molar-refractivity contribution is -0.146. The molecule has 0 radical (unpaired) electrons. The molecule has 180 valence electrons. The molecule has 2 aromatic carbocycles. The summed E-state index contributed by atoms with van der Waals surface area (Å²) in [7, 11) is 3.98. The Kier molecular flexibility index (Phi) is 7.74. The van der Waals surface area contributed by atoms with Crippen molar-refractivity contribution < 1.29 is 14.7 Å². The van der Waals surface area contributed by atoms with Crippen LogP contribution in [0.2, 0.25) is 0 Å². The maximum Gasteiger partial charge on any atom is 0.247 e. The lowest BCUT2D eigenvalue weighted by Crippen LogP contribution is -2.53. The number of phenolic OH excluding ortho intramolecular Hbond substituents is 1. The molecule has 6 nitrogen and oxygen atoms in total. The maximum atomic E-state index is 13.5. The number of hydrogen-bond donors (Lipinski definition) is 2. The van der Waals surface area contributed by atoms with Gasteiger partial charge in [-0.3, -0.25) is 9.59 Å². The van der Waals surface area contributed by atoms with Gasteiger partial charge in [-0.1, -0.05) is 26.8 Å². The number of nitrogens with zero attached hydrogens (tertiary/aromatic N) is 2. The summed E-state index contributed by atoms with van der Waals surface area (Å²) in [6.45, 7) is 11.6. The van der Waals surface area contributed by atoms with Crippen molar-refractivity contribution in [1.29, 1.82) is 0 Å². The first-order valence-electron chi connectivity index (χ1n) is 11.0. The number of hydrogen-bond acceptors (Lipinski definition) is 4. The number of phenols is 1. The second kappa shape index (κ2) is 9.64. The van der Waals surface area contributed by atoms with Gasteiger partial charge in [0.05, 0.1) is 0 Å². The van der Waals surface area contributed by atoms with Crippen LogP contribution in [0, 0.1) is 26.2 Å². The summed E-state index contributed by atoms with van der Waals surface area (Å²) >= 11 is 0. The number of halogens is 1. The minimum absolute atomic E-state index is 0. The lowest BCUT2D eigenvalue weighted by Gasteiger charge is -2.39. The van der Waals surface area contributed by atoms with Crippen LogP contribution in [0.3, 0.4) is 0 Å². The monoisotopic (exact) mass is 473 g/mol. The quantitative estimate of drug-likeness (QED) is 0.631. The molecule has 3 rings (SSSR count). The van der Waals surface area contributed by atoms with Crippen molar-refractivity contribution in [1.82, 2.24) is 4.90 Å². The molecular formula is C26H36ClN3O3. The lowest BCUT2D eigenvalue weighted by atomic mass is 9.88. The zero-order valence-electron chi connectivity index (χ0n) is 20.9. The van der Waals surface area contributed by atoms with E-state index in [-0.39, 0.29) is 30.0 Å². The average Bonchev–Trinajstić information content (AvgIpc) is 2.73. The van der Waals surface area contributed by atoms with Gasteiger partial charge in [-0.15, -0.1) is 12.4 Å². The fraction of sp³-hybridized carbons (Fsp3) is 0.462. The summed E-state index contributed by atoms with van der Waals surface area (Å²) in [4.78, 5) is 30.6. The first-order valence-corrected chi connectivity index (χ1v) is 11.0. The number of carbonyl (C=O) groups is 2. The topological polar surface area (TPSA) is 72.9 Å². The molecule has 1 heterocycles. The maximum absolute atomic E-state index is 13.5. The van der Waals surface area contributed by atoms with E-state index < -0.39 is 11.5 Å². The number of amides is 2. The van der Waals surface area contributed by atoms with Crippen LogP contribution < -0.4 is 10.2 Å². The van der Waals surface area contributed by atoms with Gasteiger partial charge in [-0.2, -0.15) is 0 Å². The van der Waals surface area contributed by atoms with Crippen molar-refractivity contribution in [2.45, 2.75) is 60.5 Å². The third-order valence-corrected chi connectivity index (χ3v) is 6.36. The summed E-state index contributed by atoms with van der Waals surface area (Å²) in [5, 5.41) is 13.2. The number of carbonyl (C=O) groups excluding carboxylic acids is 2. The van der Waals surface area contributed by atoms with Crippen LogP contribution in [0.25, 0.3) is 0 Å². The fourth-order valence-corrected chi connectivity index (χ4v) is 4.14. The van der Waals surface area contributed by atoms with Crippen LogP contribution in [0.1, 0.15) is 48.6 Å². The molecule has 33 heavy (non-hydrogen) atoms. The van der Waals surface area contributed by atoms with Crippen molar-refractivity contribution in [3.63, 3.8) is 0 Å². The standard InChI is InChI=1S/C26H35N3O3.ClH/c1-15-11-21(16(2)17(3)23(15)30)27-24(31)22-13-18-9-10-20(28(7)8)12-19(18)14-29(22)25(32)26(4,5)6;/h9-12,22,30H,13-14H2,1-8H3,(H,27,31);1H/t22-;/m0./s1. The highest BCUT2D eigenvalue weighted by molar-refractivity contribution is 5.99. The van der Waals surface area contributed by atoms with Crippen LogP contribution in [0.4, 0.5) is 11.4 Å². The highest BCUT2D eigenvalue weighted by Gasteiger charge is 2.39. The van der Waals surface area contributed by atoms with Crippen LogP contribution in [-0.2, 0) is 22.6 Å². The summed E-state index contributed by atoms with van der Waals surface area (Å²) in [6.07, 6.45) is 0.464. The molecule has 2 amide bonds. The van der Waals surface area contributed by atoms with Gasteiger partial charge < -0.3 is 20.2 Å². The van der Waals surface area contributed by atoms with Gasteiger partial charge in [0.15, 0.2) is 0 Å². The zero-order chi connectivity index (χ0) is 24.0. The van der Waals surface area contributed by atoms with E-state index in [1.54, 1.807) is 11.0 Å². The molecule has 2 N–H and O–H groups in total. The molecule has 2 aromatic rings. The molecule has 0 spiro atoms. The molecule has 0 saturated carbocycles. The van der Waals surface area contributed by atoms with Gasteiger partial charge >= 0.3 is 0 Å². The normalized spacial score (nSPS) is 15.4. The Bertz CT molecular complexity index is 1070. The molecule has 0 aliphatic carbocycles. The Labute approximate surface area is 203 Å². The van der Waals surface area contributed by atoms with E-state index in [0.717, 1.165) is 27.9 Å². The summed E-state index contributed by atoms with van der Waals surface area (Å²) in [5.41, 5.74) is 5.57. The SMILES string of the molecule is Cc1cc(NC(=O)[C@@H]2Cc3ccc(N(C)C)cc3CN2C(=O)C(C)(C)C)c(C)c(C)c1O.Cl. The molecule has 1 aliphatic heterocycles. The number of aromatic hydroxyl groups is 1. The number of anilines is 2. The van der Waals surface area contributed by atoms with Crippen LogP contribution >= 0.6 is 12.4 Å². The van der Waals surface area contributed by atoms with E-state index in [1.165, 1.54) is 0 Å². The first-order chi connectivity index (χ1) is 14.8. The van der Waals surface area contributed by atoms with E-state index in [9.17, 15) is 14.7 Å². The van der Waals surface area contributed by atoms with E-state index in [4.69, 9.17) is 0 Å². The zero-order valence-corrected chi connectivity index (χ0v) is 21.7. The van der Waals surface area contributed by atoms with Gasteiger partial charge in [-0.25, -0.2) is 0 Å². The Morgan fingerprint density at radius 1 is 1.06 bits per heavy atom. The van der Waals surface area contributed by atoms with Crippen molar-refractivity contribution in [2.75, 3.05) is 24.3 Å². The summed E-state index contributed by atoms with van der Waals surface area (Å²) in [6, 6.07) is 7.39.